The molecular formula is C20H16BrN5O. The lowest BCUT2D eigenvalue weighted by Crippen LogP contribution is -2.21. The molecule has 6 nitrogen and oxygen atoms in total. The summed E-state index contributed by atoms with van der Waals surface area (Å²) in [5.41, 5.74) is 4.78. The van der Waals surface area contributed by atoms with Crippen molar-refractivity contribution in [3.8, 4) is 5.69 Å². The Morgan fingerprint density at radius 2 is 1.85 bits per heavy atom. The molecule has 2 aromatic heterocycles. The van der Waals surface area contributed by atoms with Gasteiger partial charge in [-0.1, -0.05) is 40.2 Å². The van der Waals surface area contributed by atoms with Gasteiger partial charge in [0.2, 0.25) is 5.95 Å². The normalized spacial score (nSPS) is 13.3. The van der Waals surface area contributed by atoms with Crippen molar-refractivity contribution >= 4 is 32.9 Å². The SMILES string of the molecule is Cc1cc(Br)ccc1-n1cc2c(=O)[nH]c(N3Cc4ccccc4C3)nc2n1. The number of anilines is 1. The molecule has 5 rings (SSSR count). The number of aryl methyl sites for hydroxylation is 1. The number of rotatable bonds is 2. The summed E-state index contributed by atoms with van der Waals surface area (Å²) in [5, 5.41) is 5.04. The van der Waals surface area contributed by atoms with E-state index in [0.717, 1.165) is 28.8 Å². The highest BCUT2D eigenvalue weighted by Crippen LogP contribution is 2.26. The first-order valence-corrected chi connectivity index (χ1v) is 9.46. The van der Waals surface area contributed by atoms with Gasteiger partial charge in [-0.05, 0) is 41.8 Å². The molecular weight excluding hydrogens is 406 g/mol. The van der Waals surface area contributed by atoms with Crippen LogP contribution < -0.4 is 10.5 Å². The number of halogens is 1. The molecule has 0 fully saturated rings. The van der Waals surface area contributed by atoms with Gasteiger partial charge in [0.1, 0.15) is 5.39 Å². The van der Waals surface area contributed by atoms with Crippen LogP contribution in [0.4, 0.5) is 5.95 Å². The third-order valence-electron chi connectivity index (χ3n) is 4.92. The van der Waals surface area contributed by atoms with Gasteiger partial charge in [0, 0.05) is 23.8 Å². The van der Waals surface area contributed by atoms with E-state index in [9.17, 15) is 4.79 Å². The zero-order valence-electron chi connectivity index (χ0n) is 14.6. The predicted molar refractivity (Wildman–Crippen MR) is 108 cm³/mol. The third-order valence-corrected chi connectivity index (χ3v) is 5.42. The van der Waals surface area contributed by atoms with Gasteiger partial charge in [-0.15, -0.1) is 5.10 Å². The molecule has 0 saturated carbocycles. The molecule has 0 amide bonds. The Morgan fingerprint density at radius 1 is 1.11 bits per heavy atom. The van der Waals surface area contributed by atoms with Crippen LogP contribution in [0.2, 0.25) is 0 Å². The quantitative estimate of drug-likeness (QED) is 0.535. The highest BCUT2D eigenvalue weighted by Gasteiger charge is 2.21. The second kappa shape index (κ2) is 6.06. The van der Waals surface area contributed by atoms with Crippen molar-refractivity contribution in [3.05, 3.63) is 80.2 Å². The minimum Gasteiger partial charge on any atom is -0.334 e. The first kappa shape index (κ1) is 16.3. The van der Waals surface area contributed by atoms with E-state index in [2.05, 4.69) is 48.0 Å². The van der Waals surface area contributed by atoms with Crippen LogP contribution >= 0.6 is 15.9 Å². The number of nitrogens with zero attached hydrogens (tertiary/aromatic N) is 4. The molecule has 0 unspecified atom stereocenters. The van der Waals surface area contributed by atoms with Crippen LogP contribution in [-0.2, 0) is 13.1 Å². The van der Waals surface area contributed by atoms with Gasteiger partial charge >= 0.3 is 0 Å². The van der Waals surface area contributed by atoms with Crippen LogP contribution in [0, 0.1) is 6.92 Å². The molecule has 7 heteroatoms. The predicted octanol–water partition coefficient (Wildman–Crippen LogP) is 3.70. The van der Waals surface area contributed by atoms with Crippen molar-refractivity contribution in [1.29, 1.82) is 0 Å². The lowest BCUT2D eigenvalue weighted by molar-refractivity contribution is 0.824. The number of aromatic nitrogens is 4. The fourth-order valence-corrected chi connectivity index (χ4v) is 4.01. The maximum Gasteiger partial charge on any atom is 0.263 e. The van der Waals surface area contributed by atoms with Gasteiger partial charge in [-0.25, -0.2) is 4.68 Å². The van der Waals surface area contributed by atoms with Gasteiger partial charge < -0.3 is 4.90 Å². The molecule has 4 aromatic rings. The Kier molecular flexibility index (Phi) is 3.65. The number of H-pyrrole nitrogens is 1. The third kappa shape index (κ3) is 2.75. The lowest BCUT2D eigenvalue weighted by atomic mass is 10.1. The van der Waals surface area contributed by atoms with Crippen molar-refractivity contribution in [1.82, 2.24) is 19.7 Å². The van der Waals surface area contributed by atoms with Gasteiger partial charge in [0.15, 0.2) is 5.65 Å². The summed E-state index contributed by atoms with van der Waals surface area (Å²) in [7, 11) is 0. The molecule has 0 bridgehead atoms. The van der Waals surface area contributed by atoms with Crippen LogP contribution in [0.15, 0.2) is 57.9 Å². The fraction of sp³-hybridized carbons (Fsp3) is 0.150. The molecule has 1 aliphatic rings. The zero-order valence-corrected chi connectivity index (χ0v) is 16.2. The maximum atomic E-state index is 12.6. The minimum absolute atomic E-state index is 0.174. The van der Waals surface area contributed by atoms with Crippen molar-refractivity contribution in [2.45, 2.75) is 20.0 Å². The summed E-state index contributed by atoms with van der Waals surface area (Å²) in [6.07, 6.45) is 1.74. The number of nitrogens with one attached hydrogen (secondary N) is 1. The van der Waals surface area contributed by atoms with Crippen molar-refractivity contribution in [2.75, 3.05) is 4.90 Å². The number of fused-ring (bicyclic) bond motifs is 2. The summed E-state index contributed by atoms with van der Waals surface area (Å²) in [6, 6.07) is 14.2. The van der Waals surface area contributed by atoms with E-state index in [1.807, 2.05) is 37.3 Å². The fourth-order valence-electron chi connectivity index (χ4n) is 3.54. The minimum atomic E-state index is -0.174. The average Bonchev–Trinajstić information content (AvgIpc) is 3.25. The summed E-state index contributed by atoms with van der Waals surface area (Å²) in [5.74, 6) is 0.557. The molecule has 2 aromatic carbocycles. The molecule has 27 heavy (non-hydrogen) atoms. The second-order valence-corrected chi connectivity index (χ2v) is 7.67. The Hall–Kier alpha value is -2.93. The summed E-state index contributed by atoms with van der Waals surface area (Å²) < 4.78 is 2.73. The zero-order chi connectivity index (χ0) is 18.5. The van der Waals surface area contributed by atoms with E-state index in [1.165, 1.54) is 11.1 Å². The monoisotopic (exact) mass is 421 g/mol. The Bertz CT molecular complexity index is 1220. The van der Waals surface area contributed by atoms with Crippen LogP contribution in [0.5, 0.6) is 0 Å². The number of benzene rings is 2. The summed E-state index contributed by atoms with van der Waals surface area (Å²) in [6.45, 7) is 3.48. The Labute approximate surface area is 163 Å². The molecule has 0 saturated heterocycles. The molecule has 0 radical (unpaired) electrons. The van der Waals surface area contributed by atoms with Crippen molar-refractivity contribution < 1.29 is 0 Å². The van der Waals surface area contributed by atoms with E-state index in [-0.39, 0.29) is 5.56 Å². The molecule has 0 aliphatic carbocycles. The van der Waals surface area contributed by atoms with Crippen LogP contribution in [0.3, 0.4) is 0 Å². The van der Waals surface area contributed by atoms with Gasteiger partial charge in [-0.2, -0.15) is 4.98 Å². The van der Waals surface area contributed by atoms with E-state index in [4.69, 9.17) is 0 Å². The lowest BCUT2D eigenvalue weighted by Gasteiger charge is -2.15. The molecule has 0 atom stereocenters. The smallest absolute Gasteiger partial charge is 0.263 e. The van der Waals surface area contributed by atoms with E-state index in [1.54, 1.807) is 10.9 Å². The largest absolute Gasteiger partial charge is 0.334 e. The van der Waals surface area contributed by atoms with Crippen LogP contribution in [-0.4, -0.2) is 19.7 Å². The molecule has 134 valence electrons. The van der Waals surface area contributed by atoms with Gasteiger partial charge in [0.25, 0.3) is 5.56 Å². The highest BCUT2D eigenvalue weighted by molar-refractivity contribution is 9.10. The van der Waals surface area contributed by atoms with E-state index < -0.39 is 0 Å². The first-order chi connectivity index (χ1) is 13.1. The number of hydrogen-bond acceptors (Lipinski definition) is 4. The number of aromatic amines is 1. The summed E-state index contributed by atoms with van der Waals surface area (Å²) in [4.78, 5) is 22.2. The molecule has 1 N–H and O–H groups in total. The highest BCUT2D eigenvalue weighted by atomic mass is 79.9. The van der Waals surface area contributed by atoms with Crippen LogP contribution in [0.1, 0.15) is 16.7 Å². The van der Waals surface area contributed by atoms with E-state index >= 15 is 0 Å². The topological polar surface area (TPSA) is 66.8 Å². The van der Waals surface area contributed by atoms with Gasteiger partial charge in [-0.3, -0.25) is 9.78 Å². The van der Waals surface area contributed by atoms with Gasteiger partial charge in [0.05, 0.1) is 5.69 Å². The molecule has 0 spiro atoms. The molecule has 3 heterocycles. The second-order valence-electron chi connectivity index (χ2n) is 6.76. The average molecular weight is 422 g/mol. The Balaban J connectivity index is 1.57. The van der Waals surface area contributed by atoms with Crippen molar-refractivity contribution in [3.63, 3.8) is 0 Å². The summed E-state index contributed by atoms with van der Waals surface area (Å²) >= 11 is 3.47. The van der Waals surface area contributed by atoms with Crippen molar-refractivity contribution in [2.24, 2.45) is 0 Å². The van der Waals surface area contributed by atoms with E-state index in [0.29, 0.717) is 17.0 Å². The Morgan fingerprint density at radius 3 is 2.56 bits per heavy atom. The standard InChI is InChI=1S/C20H16BrN5O/c1-12-8-15(21)6-7-17(12)26-11-16-18(24-26)22-20(23-19(16)27)25-9-13-4-2-3-5-14(13)10-25/h2-8,11H,9-10H2,1H3,(H,22,23,24,27). The number of hydrogen-bond donors (Lipinski definition) is 1. The van der Waals surface area contributed by atoms with Crippen LogP contribution in [0.25, 0.3) is 16.7 Å². The maximum absolute atomic E-state index is 12.6. The first-order valence-electron chi connectivity index (χ1n) is 8.66. The molecule has 1 aliphatic heterocycles.